The summed E-state index contributed by atoms with van der Waals surface area (Å²) in [4.78, 5) is 74.4. The average Bonchev–Trinajstić information content (AvgIpc) is 4.07. The Hall–Kier alpha value is -9.50. The van der Waals surface area contributed by atoms with Crippen LogP contribution in [0.1, 0.15) is 36.2 Å². The molecule has 9 aromatic rings. The van der Waals surface area contributed by atoms with Crippen molar-refractivity contribution in [3.05, 3.63) is 158 Å². The standard InChI is InChI=1S/C58H60N18O3/c1-7-42-13-15-45(32-59-42)79-49-17-14-44(67-56-54-46(61-35-63-56)16-18-50(68-54)71-22-24-72(25-23-71)52(77)8-2)31-47(49)75-37-64-57(66-43-12-11-41(38(3)28-43)29-40-19-21-76-51(30-40)62-36-65-76)55-48(75)33-60-58(69-55)73-26-27-74(39(4)34-73)53(78)10-9-20-70(5)6/h8-19,21,28,30-33,35-37,39H,2,7,20,22-27,29,34H2,1,3-6H3,(H,61,63,67)/p+1/b10-9+. The van der Waals surface area contributed by atoms with Gasteiger partial charge in [-0.05, 0) is 129 Å². The van der Waals surface area contributed by atoms with E-state index in [2.05, 4.69) is 103 Å². The third kappa shape index (κ3) is 11.3. The second-order valence-corrected chi connectivity index (χ2v) is 19.9. The van der Waals surface area contributed by atoms with E-state index >= 15 is 0 Å². The molecule has 400 valence electrons. The van der Waals surface area contributed by atoms with Gasteiger partial charge in [0.15, 0.2) is 33.9 Å². The number of benzene rings is 2. The van der Waals surface area contributed by atoms with Gasteiger partial charge in [0.25, 0.3) is 12.1 Å². The molecule has 0 aliphatic carbocycles. The molecule has 2 aromatic carbocycles. The third-order valence-corrected chi connectivity index (χ3v) is 14.2. The van der Waals surface area contributed by atoms with Gasteiger partial charge in [-0.3, -0.25) is 14.6 Å². The second-order valence-electron chi connectivity index (χ2n) is 19.9. The second kappa shape index (κ2) is 22.6. The Bertz CT molecular complexity index is 3760. The molecule has 2 saturated heterocycles. The smallest absolute Gasteiger partial charge is 0.294 e. The molecule has 11 rings (SSSR count). The van der Waals surface area contributed by atoms with E-state index in [-0.39, 0.29) is 17.9 Å². The first kappa shape index (κ1) is 51.6. The van der Waals surface area contributed by atoms with Gasteiger partial charge in [0.2, 0.25) is 17.8 Å². The highest BCUT2D eigenvalue weighted by Gasteiger charge is 2.30. The van der Waals surface area contributed by atoms with Crippen LogP contribution in [0.3, 0.4) is 0 Å². The molecule has 2 aliphatic rings. The van der Waals surface area contributed by atoms with Crippen molar-refractivity contribution in [3.8, 4) is 17.2 Å². The maximum absolute atomic E-state index is 13.3. The summed E-state index contributed by atoms with van der Waals surface area (Å²) in [5, 5.41) is 11.4. The lowest BCUT2D eigenvalue weighted by molar-refractivity contribution is -0.571. The Balaban J connectivity index is 0.962. The Morgan fingerprint density at radius 3 is 2.39 bits per heavy atom. The predicted molar refractivity (Wildman–Crippen MR) is 303 cm³/mol. The fourth-order valence-corrected chi connectivity index (χ4v) is 9.91. The zero-order valence-electron chi connectivity index (χ0n) is 44.9. The highest BCUT2D eigenvalue weighted by Crippen LogP contribution is 2.33. The number of aromatic nitrogens is 11. The van der Waals surface area contributed by atoms with Crippen molar-refractivity contribution in [3.63, 3.8) is 0 Å². The zero-order valence-corrected chi connectivity index (χ0v) is 44.9. The van der Waals surface area contributed by atoms with Crippen LogP contribution in [-0.2, 0) is 22.4 Å². The molecule has 21 nitrogen and oxygen atoms in total. The van der Waals surface area contributed by atoms with Gasteiger partial charge in [0.05, 0.1) is 17.9 Å². The highest BCUT2D eigenvalue weighted by atomic mass is 16.5. The van der Waals surface area contributed by atoms with E-state index in [1.54, 1.807) is 34.3 Å². The van der Waals surface area contributed by atoms with Gasteiger partial charge < -0.3 is 39.9 Å². The lowest BCUT2D eigenvalue weighted by Crippen LogP contribution is -2.54. The summed E-state index contributed by atoms with van der Waals surface area (Å²) in [6, 6.07) is 23.9. The summed E-state index contributed by atoms with van der Waals surface area (Å²) in [7, 11) is 3.95. The van der Waals surface area contributed by atoms with E-state index in [1.165, 1.54) is 18.0 Å². The number of hydrogen-bond acceptors (Lipinski definition) is 17. The Morgan fingerprint density at radius 2 is 1.62 bits per heavy atom. The monoisotopic (exact) mass is 1060 g/mol. The van der Waals surface area contributed by atoms with Gasteiger partial charge >= 0.3 is 0 Å². The average molecular weight is 1060 g/mol. The normalized spacial score (nSPS) is 14.9. The number of piperazine rings is 2. The van der Waals surface area contributed by atoms with Gasteiger partial charge in [-0.1, -0.05) is 25.6 Å². The van der Waals surface area contributed by atoms with Gasteiger partial charge in [0.1, 0.15) is 29.7 Å². The van der Waals surface area contributed by atoms with Crippen LogP contribution in [-0.4, -0.2) is 148 Å². The molecule has 0 saturated carbocycles. The van der Waals surface area contributed by atoms with Crippen LogP contribution in [0.15, 0.2) is 135 Å². The van der Waals surface area contributed by atoms with Crippen molar-refractivity contribution in [1.29, 1.82) is 0 Å². The minimum Gasteiger partial charge on any atom is -0.451 e. The number of carbonyl (C=O) groups excluding carboxylic acids is 2. The van der Waals surface area contributed by atoms with E-state index < -0.39 is 0 Å². The first-order valence-corrected chi connectivity index (χ1v) is 26.4. The predicted octanol–water partition coefficient (Wildman–Crippen LogP) is 6.81. The van der Waals surface area contributed by atoms with Gasteiger partial charge in [-0.15, -0.1) is 0 Å². The van der Waals surface area contributed by atoms with Crippen LogP contribution in [0.2, 0.25) is 0 Å². The molecule has 9 heterocycles. The molecule has 2 N–H and O–H groups in total. The first-order valence-electron chi connectivity index (χ1n) is 26.4. The summed E-state index contributed by atoms with van der Waals surface area (Å²) < 4.78 is 10.4. The Morgan fingerprint density at radius 1 is 0.810 bits per heavy atom. The fourth-order valence-electron chi connectivity index (χ4n) is 9.91. The van der Waals surface area contributed by atoms with Crippen LogP contribution >= 0.6 is 0 Å². The molecule has 0 radical (unpaired) electrons. The maximum atomic E-state index is 13.3. The van der Waals surface area contributed by atoms with E-state index in [0.29, 0.717) is 115 Å². The molecular formula is C58H61N18O3+. The molecule has 0 spiro atoms. The molecule has 1 unspecified atom stereocenters. The van der Waals surface area contributed by atoms with E-state index in [4.69, 9.17) is 24.7 Å². The number of aryl methyl sites for hydroxylation is 2. The summed E-state index contributed by atoms with van der Waals surface area (Å²) in [5.41, 5.74) is 9.74. The number of nitrogens with one attached hydrogen (secondary N) is 2. The summed E-state index contributed by atoms with van der Waals surface area (Å²) in [5.74, 6) is 3.27. The number of hydrogen-bond donors (Lipinski definition) is 2. The van der Waals surface area contributed by atoms with Crippen molar-refractivity contribution in [2.24, 2.45) is 0 Å². The number of nitrogens with zero attached hydrogens (tertiary/aromatic N) is 16. The van der Waals surface area contributed by atoms with Gasteiger partial charge in [0, 0.05) is 93.8 Å². The van der Waals surface area contributed by atoms with E-state index in [0.717, 1.165) is 46.8 Å². The lowest BCUT2D eigenvalue weighted by Gasteiger charge is -2.39. The van der Waals surface area contributed by atoms with Crippen LogP contribution in [0.4, 0.5) is 34.8 Å². The summed E-state index contributed by atoms with van der Waals surface area (Å²) in [6.45, 7) is 14.5. The molecule has 2 amide bonds. The number of likely N-dealkylation sites (N-methyl/N-ethyl adjacent to an activating group) is 1. The molecule has 79 heavy (non-hydrogen) atoms. The lowest BCUT2D eigenvalue weighted by atomic mass is 10.0. The molecule has 7 aromatic heterocycles. The minimum atomic E-state index is -0.101. The molecule has 0 bridgehead atoms. The van der Waals surface area contributed by atoms with Crippen LogP contribution in [0.25, 0.3) is 33.4 Å². The van der Waals surface area contributed by atoms with Crippen LogP contribution in [0.5, 0.6) is 11.5 Å². The molecule has 1 atom stereocenters. The molecule has 21 heteroatoms. The number of ether oxygens (including phenoxy) is 1. The maximum Gasteiger partial charge on any atom is 0.294 e. The number of amides is 2. The van der Waals surface area contributed by atoms with Crippen molar-refractivity contribution in [1.82, 2.24) is 64.2 Å². The number of anilines is 6. The topological polar surface area (TPSA) is 208 Å². The van der Waals surface area contributed by atoms with Gasteiger partial charge in [-0.25, -0.2) is 34.4 Å². The molecule has 2 fully saturated rings. The first-order chi connectivity index (χ1) is 38.5. The summed E-state index contributed by atoms with van der Waals surface area (Å²) in [6.07, 6.45) is 16.7. The zero-order chi connectivity index (χ0) is 54.6. The van der Waals surface area contributed by atoms with Crippen molar-refractivity contribution in [2.75, 3.05) is 86.9 Å². The van der Waals surface area contributed by atoms with Crippen LogP contribution < -0.4 is 29.7 Å². The largest absolute Gasteiger partial charge is 0.451 e. The quantitative estimate of drug-likeness (QED) is 0.0753. The van der Waals surface area contributed by atoms with Crippen molar-refractivity contribution < 1.29 is 18.9 Å². The van der Waals surface area contributed by atoms with Gasteiger partial charge in [-0.2, -0.15) is 9.67 Å². The van der Waals surface area contributed by atoms with Crippen LogP contribution in [0, 0.1) is 6.92 Å². The summed E-state index contributed by atoms with van der Waals surface area (Å²) >= 11 is 0. The number of carbonyl (C=O) groups is 2. The number of fused-ring (bicyclic) bond motifs is 3. The number of pyridine rings is 3. The fraction of sp³-hybridized carbons (Fsp3) is 0.276. The number of rotatable bonds is 16. The SMILES string of the molecule is C=CC(=O)N1CCN(c2ccc3ncnc(Nc4ccc(Oc5ccc(CC)nc5)c(-[n+]5cnc(Nc6ccc(Cc7ccn8ncnc8c7)c(C)c6)c6nc(N7CCN(C(=O)/C=C/CN(C)C)C(C)C7)ncc65)c4)c3n2)CC1. The van der Waals surface area contributed by atoms with Crippen molar-refractivity contribution >= 4 is 74.3 Å². The highest BCUT2D eigenvalue weighted by molar-refractivity contribution is 5.90. The minimum absolute atomic E-state index is 0.0167. The Labute approximate surface area is 457 Å². The third-order valence-electron chi connectivity index (χ3n) is 14.2. The Kier molecular flexibility index (Phi) is 14.8. The van der Waals surface area contributed by atoms with E-state index in [1.807, 2.05) is 89.4 Å². The van der Waals surface area contributed by atoms with E-state index in [9.17, 15) is 9.59 Å². The molecule has 2 aliphatic heterocycles. The molecular weight excluding hydrogens is 997 g/mol. The van der Waals surface area contributed by atoms with Crippen molar-refractivity contribution in [2.45, 2.75) is 39.7 Å².